The largest absolute Gasteiger partial charge is 0.393 e. The summed E-state index contributed by atoms with van der Waals surface area (Å²) in [6.45, 7) is 4.48. The smallest absolute Gasteiger partial charge is 0.172 e. The third-order valence-corrected chi connectivity index (χ3v) is 5.69. The average Bonchev–Trinajstić information content (AvgIpc) is 3.39. The zero-order valence-corrected chi connectivity index (χ0v) is 15.3. The first kappa shape index (κ1) is 18.6. The molecule has 1 aromatic rings. The van der Waals surface area contributed by atoms with Gasteiger partial charge < -0.3 is 15.1 Å². The summed E-state index contributed by atoms with van der Waals surface area (Å²) in [6, 6.07) is 3.77. The van der Waals surface area contributed by atoms with Crippen LogP contribution in [0.5, 0.6) is 0 Å². The topological polar surface area (TPSA) is 97.5 Å². The molecule has 2 fully saturated rings. The van der Waals surface area contributed by atoms with E-state index in [0.29, 0.717) is 16.8 Å². The number of nitrogens with zero attached hydrogens (tertiary/aromatic N) is 3. The van der Waals surface area contributed by atoms with Gasteiger partial charge in [0.15, 0.2) is 5.78 Å². The van der Waals surface area contributed by atoms with E-state index in [0.717, 1.165) is 37.1 Å². The molecule has 6 nitrogen and oxygen atoms in total. The van der Waals surface area contributed by atoms with E-state index in [9.17, 15) is 20.3 Å². The van der Waals surface area contributed by atoms with Crippen LogP contribution in [0.1, 0.15) is 55.5 Å². The fraction of sp³-hybridized carbons (Fsp3) is 0.550. The molecule has 1 unspecified atom stereocenters. The molecule has 2 N–H and O–H groups in total. The van der Waals surface area contributed by atoms with Gasteiger partial charge in [-0.1, -0.05) is 0 Å². The maximum Gasteiger partial charge on any atom is 0.172 e. The van der Waals surface area contributed by atoms with Gasteiger partial charge in [0.05, 0.1) is 18.0 Å². The number of aromatic nitrogens is 1. The first-order valence-corrected chi connectivity index (χ1v) is 9.07. The second kappa shape index (κ2) is 7.18. The summed E-state index contributed by atoms with van der Waals surface area (Å²) in [6.07, 6.45) is 5.23. The van der Waals surface area contributed by atoms with Crippen LogP contribution in [-0.4, -0.2) is 45.6 Å². The van der Waals surface area contributed by atoms with E-state index < -0.39 is 12.7 Å². The first-order valence-electron chi connectivity index (χ1n) is 9.07. The number of aliphatic hydroxyl groups is 2. The van der Waals surface area contributed by atoms with Crippen LogP contribution in [0.25, 0.3) is 5.70 Å². The van der Waals surface area contributed by atoms with Crippen LogP contribution in [0.15, 0.2) is 17.8 Å². The zero-order chi connectivity index (χ0) is 18.9. The Morgan fingerprint density at radius 2 is 2.04 bits per heavy atom. The summed E-state index contributed by atoms with van der Waals surface area (Å²) in [5.74, 6) is -0.269. The van der Waals surface area contributed by atoms with Crippen LogP contribution in [0.3, 0.4) is 0 Å². The number of pyridine rings is 1. The summed E-state index contributed by atoms with van der Waals surface area (Å²) in [4.78, 5) is 18.5. The monoisotopic (exact) mass is 355 g/mol. The number of rotatable bonds is 5. The Hall–Kier alpha value is -2.23. The molecule has 1 aliphatic heterocycles. The van der Waals surface area contributed by atoms with Gasteiger partial charge >= 0.3 is 0 Å². The van der Waals surface area contributed by atoms with E-state index in [1.54, 1.807) is 12.3 Å². The van der Waals surface area contributed by atoms with Crippen molar-refractivity contribution in [1.82, 2.24) is 9.88 Å². The summed E-state index contributed by atoms with van der Waals surface area (Å²) in [5, 5.41) is 28.8. The minimum atomic E-state index is -1.09. The van der Waals surface area contributed by atoms with Crippen LogP contribution < -0.4 is 0 Å². The maximum absolute atomic E-state index is 12.1. The lowest BCUT2D eigenvalue weighted by Crippen LogP contribution is -2.34. The Morgan fingerprint density at radius 3 is 2.54 bits per heavy atom. The zero-order valence-electron chi connectivity index (χ0n) is 15.3. The molecule has 6 heteroatoms. The number of Topliss-reactive ketones (excluding diaryl/α,β-unsaturated/α-hetero) is 1. The lowest BCUT2D eigenvalue weighted by molar-refractivity contribution is -0.113. The molecule has 1 aliphatic carbocycles. The van der Waals surface area contributed by atoms with Crippen molar-refractivity contribution in [2.24, 2.45) is 5.41 Å². The van der Waals surface area contributed by atoms with E-state index in [1.165, 1.54) is 19.8 Å². The van der Waals surface area contributed by atoms with E-state index in [1.807, 2.05) is 6.92 Å². The number of aryl methyl sites for hydroxylation is 1. The van der Waals surface area contributed by atoms with Crippen molar-refractivity contribution >= 4 is 11.5 Å². The van der Waals surface area contributed by atoms with Gasteiger partial charge in [0.25, 0.3) is 0 Å². The van der Waals surface area contributed by atoms with Gasteiger partial charge in [-0.05, 0) is 56.6 Å². The van der Waals surface area contributed by atoms with Crippen molar-refractivity contribution in [3.05, 3.63) is 34.7 Å². The van der Waals surface area contributed by atoms with Gasteiger partial charge in [0.1, 0.15) is 17.7 Å². The predicted octanol–water partition coefficient (Wildman–Crippen LogP) is 2.12. The Labute approximate surface area is 153 Å². The molecule has 1 saturated carbocycles. The number of carbonyl (C=O) groups excluding carboxylic acids is 1. The van der Waals surface area contributed by atoms with Crippen molar-refractivity contribution in [3.8, 4) is 6.07 Å². The Bertz CT molecular complexity index is 780. The molecule has 1 saturated heterocycles. The molecule has 2 aliphatic rings. The maximum atomic E-state index is 12.1. The lowest BCUT2D eigenvalue weighted by Gasteiger charge is -2.36. The van der Waals surface area contributed by atoms with Crippen molar-refractivity contribution in [1.29, 1.82) is 5.26 Å². The Kier molecular flexibility index (Phi) is 5.12. The number of likely N-dealkylation sites (tertiary alicyclic amines) is 1. The molecule has 0 amide bonds. The highest BCUT2D eigenvalue weighted by atomic mass is 16.3. The van der Waals surface area contributed by atoms with E-state index in [-0.39, 0.29) is 11.4 Å². The van der Waals surface area contributed by atoms with Gasteiger partial charge in [0.2, 0.25) is 0 Å². The number of aliphatic hydroxyl groups excluding tert-OH is 2. The minimum absolute atomic E-state index is 0.135. The van der Waals surface area contributed by atoms with E-state index in [4.69, 9.17) is 0 Å². The normalized spacial score (nSPS) is 20.3. The number of piperidine rings is 1. The summed E-state index contributed by atoms with van der Waals surface area (Å²) >= 11 is 0. The summed E-state index contributed by atoms with van der Waals surface area (Å²) < 4.78 is 0. The highest BCUT2D eigenvalue weighted by molar-refractivity contribution is 6.04. The molecule has 1 aromatic heterocycles. The molecular weight excluding hydrogens is 330 g/mol. The van der Waals surface area contributed by atoms with Crippen LogP contribution in [0, 0.1) is 23.7 Å². The molecule has 0 bridgehead atoms. The Morgan fingerprint density at radius 1 is 1.38 bits per heavy atom. The molecule has 2 heterocycles. The molecule has 138 valence electrons. The van der Waals surface area contributed by atoms with Crippen LogP contribution in [0.4, 0.5) is 0 Å². The van der Waals surface area contributed by atoms with Crippen LogP contribution in [-0.2, 0) is 4.79 Å². The average molecular weight is 355 g/mol. The number of allylic oxidation sites excluding steroid dienone is 1. The third-order valence-electron chi connectivity index (χ3n) is 5.69. The van der Waals surface area contributed by atoms with Crippen molar-refractivity contribution in [2.75, 3.05) is 19.7 Å². The molecule has 1 spiro atoms. The highest BCUT2D eigenvalue weighted by Gasteiger charge is 2.45. The fourth-order valence-electron chi connectivity index (χ4n) is 3.71. The molecule has 0 aromatic carbocycles. The molecule has 26 heavy (non-hydrogen) atoms. The quantitative estimate of drug-likeness (QED) is 0.620. The summed E-state index contributed by atoms with van der Waals surface area (Å²) in [7, 11) is 0. The van der Waals surface area contributed by atoms with Crippen molar-refractivity contribution in [2.45, 2.75) is 45.6 Å². The van der Waals surface area contributed by atoms with Crippen molar-refractivity contribution in [3.63, 3.8) is 0 Å². The van der Waals surface area contributed by atoms with Gasteiger partial charge in [-0.3, -0.25) is 9.78 Å². The second-order valence-corrected chi connectivity index (χ2v) is 7.50. The first-order chi connectivity index (χ1) is 12.4. The molecule has 0 radical (unpaired) electrons. The number of hydrogen-bond donors (Lipinski definition) is 2. The molecular formula is C20H25N3O3. The fourth-order valence-corrected chi connectivity index (χ4v) is 3.71. The third kappa shape index (κ3) is 3.50. The van der Waals surface area contributed by atoms with E-state index >= 15 is 0 Å². The standard InChI is InChI=1S/C20H25N3O3/c1-13-11-22-17(18(26)12-24)9-15(13)19(16(10-21)14(2)25)23-7-5-20(3-4-20)6-8-23/h9,11,18,24,26H,3-8,12H2,1-2H3/b19-16+. The van der Waals surface area contributed by atoms with Crippen LogP contribution in [0.2, 0.25) is 0 Å². The lowest BCUT2D eigenvalue weighted by atomic mass is 9.91. The number of nitriles is 1. The molecule has 1 atom stereocenters. The van der Waals surface area contributed by atoms with Gasteiger partial charge in [0, 0.05) is 24.8 Å². The van der Waals surface area contributed by atoms with Crippen LogP contribution >= 0.6 is 0 Å². The number of carbonyl (C=O) groups is 1. The van der Waals surface area contributed by atoms with Gasteiger partial charge in [-0.2, -0.15) is 5.26 Å². The van der Waals surface area contributed by atoms with Gasteiger partial charge in [-0.25, -0.2) is 0 Å². The van der Waals surface area contributed by atoms with Crippen molar-refractivity contribution < 1.29 is 15.0 Å². The Balaban J connectivity index is 2.07. The van der Waals surface area contributed by atoms with E-state index in [2.05, 4.69) is 16.0 Å². The van der Waals surface area contributed by atoms with Gasteiger partial charge in [-0.15, -0.1) is 0 Å². The highest BCUT2D eigenvalue weighted by Crippen LogP contribution is 2.54. The SMILES string of the molecule is CC(=O)/C(C#N)=C(\c1cc(C(O)CO)ncc1C)N1CCC2(CC1)CC2. The number of ketones is 1. The minimum Gasteiger partial charge on any atom is -0.393 e. The molecule has 3 rings (SSSR count). The predicted molar refractivity (Wildman–Crippen MR) is 96.7 cm³/mol. The summed E-state index contributed by atoms with van der Waals surface area (Å²) in [5.41, 5.74) is 3.13. The number of hydrogen-bond acceptors (Lipinski definition) is 6. The second-order valence-electron chi connectivity index (χ2n) is 7.50.